The van der Waals surface area contributed by atoms with Crippen molar-refractivity contribution in [2.45, 2.75) is 18.7 Å². The van der Waals surface area contributed by atoms with Crippen molar-refractivity contribution in [2.75, 3.05) is 0 Å². The number of carbonyl (C=O) groups excluding carboxylic acids is 2. The Labute approximate surface area is 128 Å². The van der Waals surface area contributed by atoms with E-state index in [1.807, 2.05) is 60.7 Å². The van der Waals surface area contributed by atoms with Crippen LogP contribution in [0.5, 0.6) is 0 Å². The third-order valence-corrected chi connectivity index (χ3v) is 3.53. The lowest BCUT2D eigenvalue weighted by Gasteiger charge is -2.17. The molecular formula is C17H16N2O3. The van der Waals surface area contributed by atoms with E-state index in [0.717, 1.165) is 11.1 Å². The van der Waals surface area contributed by atoms with Crippen molar-refractivity contribution in [2.24, 2.45) is 0 Å². The van der Waals surface area contributed by atoms with Crippen LogP contribution in [0.25, 0.3) is 0 Å². The Kier molecular flexibility index (Phi) is 4.05. The second-order valence-corrected chi connectivity index (χ2v) is 5.06. The van der Waals surface area contributed by atoms with E-state index >= 15 is 0 Å². The van der Waals surface area contributed by atoms with E-state index in [2.05, 4.69) is 10.6 Å². The van der Waals surface area contributed by atoms with E-state index < -0.39 is 18.2 Å². The molecule has 5 heteroatoms. The van der Waals surface area contributed by atoms with Crippen LogP contribution in [0.4, 0.5) is 4.79 Å². The molecule has 2 amide bonds. The highest BCUT2D eigenvalue weighted by molar-refractivity contribution is 5.88. The first-order valence-electron chi connectivity index (χ1n) is 7.08. The highest BCUT2D eigenvalue weighted by Crippen LogP contribution is 2.26. The number of alkyl carbamates (subject to hydrolysis) is 1. The first-order chi connectivity index (χ1) is 10.7. The predicted octanol–water partition coefficient (Wildman–Crippen LogP) is 2.15. The fourth-order valence-corrected chi connectivity index (χ4v) is 2.42. The second-order valence-electron chi connectivity index (χ2n) is 5.06. The Hall–Kier alpha value is -2.82. The molecule has 5 nitrogen and oxygen atoms in total. The smallest absolute Gasteiger partial charge is 0.408 e. The third-order valence-electron chi connectivity index (χ3n) is 3.53. The summed E-state index contributed by atoms with van der Waals surface area (Å²) in [5, 5.41) is 5.39. The lowest BCUT2D eigenvalue weighted by Crippen LogP contribution is -2.43. The van der Waals surface area contributed by atoms with Crippen molar-refractivity contribution in [3.63, 3.8) is 0 Å². The molecule has 0 radical (unpaired) electrons. The average molecular weight is 296 g/mol. The normalized spacial score (nSPS) is 20.1. The molecule has 2 aromatic rings. The van der Waals surface area contributed by atoms with Gasteiger partial charge >= 0.3 is 6.09 Å². The van der Waals surface area contributed by atoms with E-state index in [1.54, 1.807) is 0 Å². The maximum Gasteiger partial charge on any atom is 0.408 e. The molecule has 2 atom stereocenters. The van der Waals surface area contributed by atoms with Crippen LogP contribution in [0.15, 0.2) is 60.7 Å². The van der Waals surface area contributed by atoms with Crippen molar-refractivity contribution < 1.29 is 14.3 Å². The van der Waals surface area contributed by atoms with Gasteiger partial charge in [-0.15, -0.1) is 0 Å². The van der Waals surface area contributed by atoms with Crippen LogP contribution in [0.3, 0.4) is 0 Å². The Morgan fingerprint density at radius 1 is 1.05 bits per heavy atom. The number of rotatable bonds is 4. The van der Waals surface area contributed by atoms with Crippen LogP contribution < -0.4 is 10.6 Å². The molecule has 1 aliphatic rings. The number of hydrogen-bond acceptors (Lipinski definition) is 3. The average Bonchev–Trinajstić information content (AvgIpc) is 2.96. The predicted molar refractivity (Wildman–Crippen MR) is 80.9 cm³/mol. The van der Waals surface area contributed by atoms with Crippen molar-refractivity contribution in [1.29, 1.82) is 0 Å². The molecule has 1 heterocycles. The van der Waals surface area contributed by atoms with Crippen LogP contribution in [0, 0.1) is 0 Å². The van der Waals surface area contributed by atoms with Crippen molar-refractivity contribution >= 4 is 12.0 Å². The maximum absolute atomic E-state index is 12.3. The molecule has 0 bridgehead atoms. The summed E-state index contributed by atoms with van der Waals surface area (Å²) in [4.78, 5) is 23.8. The van der Waals surface area contributed by atoms with Gasteiger partial charge in [-0.2, -0.15) is 0 Å². The first kappa shape index (κ1) is 14.1. The molecule has 2 aromatic carbocycles. The van der Waals surface area contributed by atoms with Gasteiger partial charge in [-0.3, -0.25) is 4.79 Å². The number of nitrogens with one attached hydrogen (secondary N) is 2. The molecule has 22 heavy (non-hydrogen) atoms. The Bertz CT molecular complexity index is 658. The quantitative estimate of drug-likeness (QED) is 0.908. The van der Waals surface area contributed by atoms with Gasteiger partial charge in [0.05, 0.1) is 0 Å². The topological polar surface area (TPSA) is 67.4 Å². The molecular weight excluding hydrogens is 280 g/mol. The summed E-state index contributed by atoms with van der Waals surface area (Å²) in [6.45, 7) is 0.410. The summed E-state index contributed by atoms with van der Waals surface area (Å²) in [5.41, 5.74) is 1.79. The molecule has 0 spiro atoms. The van der Waals surface area contributed by atoms with Gasteiger partial charge in [-0.05, 0) is 11.1 Å². The molecule has 0 aromatic heterocycles. The number of ether oxygens (including phenoxy) is 1. The summed E-state index contributed by atoms with van der Waals surface area (Å²) >= 11 is 0. The van der Waals surface area contributed by atoms with Crippen LogP contribution >= 0.6 is 0 Å². The van der Waals surface area contributed by atoms with E-state index in [4.69, 9.17) is 4.74 Å². The van der Waals surface area contributed by atoms with Gasteiger partial charge in [0.2, 0.25) is 5.91 Å². The summed E-state index contributed by atoms with van der Waals surface area (Å²) in [6, 6.07) is 18.1. The third kappa shape index (κ3) is 3.09. The van der Waals surface area contributed by atoms with Gasteiger partial charge < -0.3 is 15.4 Å². The van der Waals surface area contributed by atoms with Gasteiger partial charge in [0.25, 0.3) is 0 Å². The highest BCUT2D eigenvalue weighted by atomic mass is 16.6. The summed E-state index contributed by atoms with van der Waals surface area (Å²) in [7, 11) is 0. The molecule has 1 aliphatic heterocycles. The van der Waals surface area contributed by atoms with Gasteiger partial charge in [0.1, 0.15) is 0 Å². The van der Waals surface area contributed by atoms with Gasteiger partial charge in [-0.1, -0.05) is 60.7 Å². The molecule has 0 aliphatic carbocycles. The Morgan fingerprint density at radius 2 is 1.68 bits per heavy atom. The largest absolute Gasteiger partial charge is 0.439 e. The van der Waals surface area contributed by atoms with Gasteiger partial charge in [-0.25, -0.2) is 4.79 Å². The van der Waals surface area contributed by atoms with Crippen molar-refractivity contribution in [1.82, 2.24) is 10.6 Å². The van der Waals surface area contributed by atoms with E-state index in [1.165, 1.54) is 0 Å². The van der Waals surface area contributed by atoms with E-state index in [0.29, 0.717) is 6.54 Å². The second kappa shape index (κ2) is 6.30. The van der Waals surface area contributed by atoms with Crippen LogP contribution in [-0.4, -0.2) is 18.0 Å². The zero-order valence-corrected chi connectivity index (χ0v) is 11.9. The highest BCUT2D eigenvalue weighted by Gasteiger charge is 2.39. The van der Waals surface area contributed by atoms with E-state index in [-0.39, 0.29) is 5.91 Å². The minimum absolute atomic E-state index is 0.261. The molecule has 112 valence electrons. The first-order valence-corrected chi connectivity index (χ1v) is 7.08. The number of carbonyl (C=O) groups is 2. The molecule has 3 rings (SSSR count). The Morgan fingerprint density at radius 3 is 2.36 bits per heavy atom. The lowest BCUT2D eigenvalue weighted by atomic mass is 10.0. The standard InChI is InChI=1S/C17H16N2O3/c20-16(18-11-12-7-3-1-4-8-12)14-15(22-17(21)19-14)13-9-5-2-6-10-13/h1-10,14-15H,11H2,(H,18,20)(H,19,21). The fraction of sp³-hybridized carbons (Fsp3) is 0.176. The minimum Gasteiger partial charge on any atom is -0.439 e. The number of cyclic esters (lactones) is 1. The van der Waals surface area contributed by atoms with Gasteiger partial charge in [0.15, 0.2) is 12.1 Å². The minimum atomic E-state index is -0.724. The summed E-state index contributed by atoms with van der Waals surface area (Å²) in [5.74, 6) is -0.261. The molecule has 2 N–H and O–H groups in total. The molecule has 2 unspecified atom stereocenters. The fourth-order valence-electron chi connectivity index (χ4n) is 2.42. The van der Waals surface area contributed by atoms with Crippen molar-refractivity contribution in [3.05, 3.63) is 71.8 Å². The van der Waals surface area contributed by atoms with Crippen LogP contribution in [-0.2, 0) is 16.1 Å². The molecule has 0 saturated carbocycles. The zero-order chi connectivity index (χ0) is 15.4. The van der Waals surface area contributed by atoms with Crippen molar-refractivity contribution in [3.8, 4) is 0 Å². The lowest BCUT2D eigenvalue weighted by molar-refractivity contribution is -0.124. The maximum atomic E-state index is 12.3. The SMILES string of the molecule is O=C1NC(C(=O)NCc2ccccc2)C(c2ccccc2)O1. The summed E-state index contributed by atoms with van der Waals surface area (Å²) < 4.78 is 5.22. The number of amides is 2. The van der Waals surface area contributed by atoms with Crippen LogP contribution in [0.1, 0.15) is 17.2 Å². The number of benzene rings is 2. The molecule has 1 fully saturated rings. The van der Waals surface area contributed by atoms with E-state index in [9.17, 15) is 9.59 Å². The zero-order valence-electron chi connectivity index (χ0n) is 11.9. The monoisotopic (exact) mass is 296 g/mol. The number of hydrogen-bond donors (Lipinski definition) is 2. The summed E-state index contributed by atoms with van der Waals surface area (Å²) in [6.07, 6.45) is -1.18. The molecule has 1 saturated heterocycles. The van der Waals surface area contributed by atoms with Gasteiger partial charge in [0, 0.05) is 6.54 Å². The Balaban J connectivity index is 1.69. The van der Waals surface area contributed by atoms with Crippen LogP contribution in [0.2, 0.25) is 0 Å².